The molecule has 132 valence electrons. The number of carbonyl (C=O) groups excluding carboxylic acids is 1. The monoisotopic (exact) mass is 353 g/mol. The maximum Gasteiger partial charge on any atom is 0.342 e. The normalized spacial score (nSPS) is 10.3. The molecule has 0 saturated heterocycles. The van der Waals surface area contributed by atoms with Crippen molar-refractivity contribution >= 4 is 23.6 Å². The van der Waals surface area contributed by atoms with Crippen LogP contribution in [0.4, 0.5) is 17.6 Å². The van der Waals surface area contributed by atoms with Gasteiger partial charge in [0.15, 0.2) is 12.4 Å². The van der Waals surface area contributed by atoms with Gasteiger partial charge in [-0.05, 0) is 24.3 Å². The molecule has 5 N–H and O–H groups in total. The number of nitrogens with two attached hydrogens (primary N) is 1. The fourth-order valence-corrected chi connectivity index (χ4v) is 2.11. The summed E-state index contributed by atoms with van der Waals surface area (Å²) in [6.07, 6.45) is 0. The second-order valence-corrected chi connectivity index (χ2v) is 5.20. The average Bonchev–Trinajstić information content (AvgIpc) is 2.60. The lowest BCUT2D eigenvalue weighted by atomic mass is 10.2. The zero-order valence-electron chi connectivity index (χ0n) is 13.5. The molecule has 0 aliphatic rings. The largest absolute Gasteiger partial charge is 0.508 e. The molecule has 0 saturated carbocycles. The molecule has 9 heteroatoms. The van der Waals surface area contributed by atoms with Crippen molar-refractivity contribution in [2.24, 2.45) is 0 Å². The molecule has 0 atom stereocenters. The Bertz CT molecular complexity index is 934. The summed E-state index contributed by atoms with van der Waals surface area (Å²) >= 11 is 0. The van der Waals surface area contributed by atoms with Gasteiger partial charge in [-0.25, -0.2) is 4.79 Å². The van der Waals surface area contributed by atoms with Gasteiger partial charge >= 0.3 is 5.97 Å². The summed E-state index contributed by atoms with van der Waals surface area (Å²) in [4.78, 5) is 24.1. The number of nitrogens with one attached hydrogen (secondary N) is 1. The molecule has 0 amide bonds. The maximum absolute atomic E-state index is 12.0. The minimum absolute atomic E-state index is 0.0306. The van der Waals surface area contributed by atoms with E-state index in [2.05, 4.69) is 20.3 Å². The summed E-state index contributed by atoms with van der Waals surface area (Å²) in [6, 6.07) is 12.8. The van der Waals surface area contributed by atoms with Crippen molar-refractivity contribution in [1.82, 2.24) is 15.0 Å². The Balaban J connectivity index is 1.70. The molecular formula is C17H15N5O4. The number of anilines is 3. The third-order valence-corrected chi connectivity index (χ3v) is 3.26. The Labute approximate surface area is 148 Å². The number of para-hydroxylation sites is 1. The van der Waals surface area contributed by atoms with E-state index in [1.807, 2.05) is 30.3 Å². The number of rotatable bonds is 5. The number of phenols is 2. The number of carbonyl (C=O) groups is 1. The van der Waals surface area contributed by atoms with Crippen molar-refractivity contribution in [2.45, 2.75) is 6.61 Å². The van der Waals surface area contributed by atoms with Crippen LogP contribution < -0.4 is 11.1 Å². The number of hydrogen-bond acceptors (Lipinski definition) is 9. The summed E-state index contributed by atoms with van der Waals surface area (Å²) in [7, 11) is 0. The van der Waals surface area contributed by atoms with Crippen LogP contribution in [0.2, 0.25) is 0 Å². The Kier molecular flexibility index (Phi) is 4.79. The fourth-order valence-electron chi connectivity index (χ4n) is 2.11. The van der Waals surface area contributed by atoms with Crippen LogP contribution in [-0.4, -0.2) is 31.1 Å². The lowest BCUT2D eigenvalue weighted by Crippen LogP contribution is -2.11. The van der Waals surface area contributed by atoms with Gasteiger partial charge < -0.3 is 26.0 Å². The molecule has 1 aromatic heterocycles. The molecule has 0 aliphatic carbocycles. The number of aromatic hydroxyl groups is 2. The lowest BCUT2D eigenvalue weighted by molar-refractivity contribution is 0.0459. The SMILES string of the molecule is Nc1nc(COC(=O)c2ccc(O)cc2O)nc(Nc2ccccc2)n1. The average molecular weight is 353 g/mol. The number of nitrogen functional groups attached to an aromatic ring is 1. The van der Waals surface area contributed by atoms with Crippen LogP contribution in [0.5, 0.6) is 11.5 Å². The van der Waals surface area contributed by atoms with Crippen LogP contribution in [0.25, 0.3) is 0 Å². The summed E-state index contributed by atoms with van der Waals surface area (Å²) in [6.45, 7) is -0.269. The summed E-state index contributed by atoms with van der Waals surface area (Å²) in [5.41, 5.74) is 6.33. The molecule has 0 fully saturated rings. The molecule has 26 heavy (non-hydrogen) atoms. The molecule has 9 nitrogen and oxygen atoms in total. The van der Waals surface area contributed by atoms with Crippen molar-refractivity contribution in [1.29, 1.82) is 0 Å². The van der Waals surface area contributed by atoms with Gasteiger partial charge in [-0.1, -0.05) is 18.2 Å². The highest BCUT2D eigenvalue weighted by Gasteiger charge is 2.14. The summed E-state index contributed by atoms with van der Waals surface area (Å²) in [5.74, 6) is -1.03. The zero-order chi connectivity index (χ0) is 18.5. The first-order valence-electron chi connectivity index (χ1n) is 7.53. The van der Waals surface area contributed by atoms with Crippen molar-refractivity contribution in [3.63, 3.8) is 0 Å². The predicted molar refractivity (Wildman–Crippen MR) is 92.9 cm³/mol. The van der Waals surface area contributed by atoms with Gasteiger partial charge in [-0.3, -0.25) is 0 Å². The zero-order valence-corrected chi connectivity index (χ0v) is 13.5. The van der Waals surface area contributed by atoms with E-state index in [-0.39, 0.29) is 35.6 Å². The van der Waals surface area contributed by atoms with Crippen LogP contribution in [0.3, 0.4) is 0 Å². The van der Waals surface area contributed by atoms with Crippen LogP contribution in [0.15, 0.2) is 48.5 Å². The van der Waals surface area contributed by atoms with Gasteiger partial charge in [0.05, 0.1) is 0 Å². The van der Waals surface area contributed by atoms with Crippen molar-refractivity contribution in [3.8, 4) is 11.5 Å². The standard InChI is InChI=1S/C17H15N5O4/c18-16-20-14(21-17(22-16)19-10-4-2-1-3-5-10)9-26-15(25)12-7-6-11(23)8-13(12)24/h1-8,23-24H,9H2,(H3,18,19,20,21,22). The predicted octanol–water partition coefficient (Wildman–Crippen LogP) is 1.97. The molecule has 3 rings (SSSR count). The van der Waals surface area contributed by atoms with E-state index in [1.54, 1.807) is 0 Å². The number of esters is 1. The van der Waals surface area contributed by atoms with E-state index in [0.29, 0.717) is 0 Å². The Morgan fingerprint density at radius 3 is 2.58 bits per heavy atom. The summed E-state index contributed by atoms with van der Waals surface area (Å²) < 4.78 is 5.08. The third kappa shape index (κ3) is 4.15. The van der Waals surface area contributed by atoms with E-state index in [9.17, 15) is 15.0 Å². The van der Waals surface area contributed by atoms with Crippen molar-refractivity contribution in [3.05, 3.63) is 59.9 Å². The van der Waals surface area contributed by atoms with E-state index >= 15 is 0 Å². The van der Waals surface area contributed by atoms with E-state index in [4.69, 9.17) is 10.5 Å². The van der Waals surface area contributed by atoms with Crippen molar-refractivity contribution < 1.29 is 19.7 Å². The number of ether oxygens (including phenoxy) is 1. The number of benzene rings is 2. The lowest BCUT2D eigenvalue weighted by Gasteiger charge is -2.08. The highest BCUT2D eigenvalue weighted by atomic mass is 16.5. The Morgan fingerprint density at radius 2 is 1.85 bits per heavy atom. The first kappa shape index (κ1) is 17.0. The highest BCUT2D eigenvalue weighted by Crippen LogP contribution is 2.23. The van der Waals surface area contributed by atoms with Crippen LogP contribution >= 0.6 is 0 Å². The molecule has 0 aliphatic heterocycles. The van der Waals surface area contributed by atoms with Gasteiger partial charge in [-0.15, -0.1) is 0 Å². The number of phenolic OH excluding ortho intramolecular Hbond substituents is 2. The minimum Gasteiger partial charge on any atom is -0.508 e. The van der Waals surface area contributed by atoms with Gasteiger partial charge in [0.25, 0.3) is 0 Å². The number of nitrogens with zero attached hydrogens (tertiary/aromatic N) is 3. The number of aromatic nitrogens is 3. The molecule has 0 spiro atoms. The van der Waals surface area contributed by atoms with Crippen molar-refractivity contribution in [2.75, 3.05) is 11.1 Å². The Hall–Kier alpha value is -3.88. The molecule has 1 heterocycles. The second-order valence-electron chi connectivity index (χ2n) is 5.20. The molecule has 0 radical (unpaired) electrons. The smallest absolute Gasteiger partial charge is 0.342 e. The van der Waals surface area contributed by atoms with E-state index < -0.39 is 11.7 Å². The fraction of sp³-hybridized carbons (Fsp3) is 0.0588. The second kappa shape index (κ2) is 7.34. The van der Waals surface area contributed by atoms with Crippen LogP contribution in [-0.2, 0) is 11.3 Å². The Morgan fingerprint density at radius 1 is 1.08 bits per heavy atom. The van der Waals surface area contributed by atoms with Crippen LogP contribution in [0, 0.1) is 0 Å². The van der Waals surface area contributed by atoms with Gasteiger partial charge in [0.1, 0.15) is 17.1 Å². The van der Waals surface area contributed by atoms with E-state index in [1.165, 1.54) is 12.1 Å². The van der Waals surface area contributed by atoms with Crippen LogP contribution in [0.1, 0.15) is 16.2 Å². The first-order chi connectivity index (χ1) is 12.5. The molecule has 2 aromatic carbocycles. The molecule has 0 unspecified atom stereocenters. The first-order valence-corrected chi connectivity index (χ1v) is 7.53. The summed E-state index contributed by atoms with van der Waals surface area (Å²) in [5, 5.41) is 21.9. The molecule has 3 aromatic rings. The molecular weight excluding hydrogens is 338 g/mol. The van der Waals surface area contributed by atoms with E-state index in [0.717, 1.165) is 11.8 Å². The molecule has 0 bridgehead atoms. The minimum atomic E-state index is -0.793. The highest BCUT2D eigenvalue weighted by molar-refractivity contribution is 5.92. The quantitative estimate of drug-likeness (QED) is 0.506. The maximum atomic E-state index is 12.0. The van der Waals surface area contributed by atoms with Gasteiger partial charge in [-0.2, -0.15) is 15.0 Å². The van der Waals surface area contributed by atoms with Gasteiger partial charge in [0.2, 0.25) is 11.9 Å². The third-order valence-electron chi connectivity index (χ3n) is 3.26. The topological polar surface area (TPSA) is 143 Å². The van der Waals surface area contributed by atoms with Gasteiger partial charge in [0, 0.05) is 11.8 Å². The number of hydrogen-bond donors (Lipinski definition) is 4.